The van der Waals surface area contributed by atoms with Gasteiger partial charge in [-0.15, -0.1) is 0 Å². The summed E-state index contributed by atoms with van der Waals surface area (Å²) in [7, 11) is 1.17. The predicted molar refractivity (Wildman–Crippen MR) is 298 cm³/mol. The molecule has 0 saturated carbocycles. The Kier molecular flexibility index (Phi) is 48.6. The first kappa shape index (κ1) is 67.7. The number of hydrogen-bond acceptors (Lipinski definition) is 7. The van der Waals surface area contributed by atoms with E-state index in [2.05, 4.69) is 74.7 Å². The molecule has 0 bridgehead atoms. The first-order valence-electron chi connectivity index (χ1n) is 29.1. The van der Waals surface area contributed by atoms with Crippen molar-refractivity contribution in [3.8, 4) is 0 Å². The van der Waals surface area contributed by atoms with Gasteiger partial charge in [-0.05, 0) is 96.0 Å². The number of nitrogens with zero attached hydrogens (tertiary/aromatic N) is 1. The number of likely N-dealkylation sites (N-methyl/N-ethyl adjacent to an activating group) is 1. The molecule has 3 unspecified atom stereocenters. The highest BCUT2D eigenvalue weighted by molar-refractivity contribution is 7.45. The van der Waals surface area contributed by atoms with Gasteiger partial charge in [0.1, 0.15) is 19.3 Å². The molecular weight excluding hydrogens is 892 g/mol. The lowest BCUT2D eigenvalue weighted by Crippen LogP contribution is -2.47. The second-order valence-electron chi connectivity index (χ2n) is 20.8. The van der Waals surface area contributed by atoms with E-state index in [9.17, 15) is 19.0 Å². The smallest absolute Gasteiger partial charge is 0.306 e. The number of unbranched alkanes of at least 4 members (excludes halogenated alkanes) is 28. The minimum Gasteiger partial charge on any atom is -0.756 e. The van der Waals surface area contributed by atoms with Gasteiger partial charge in [-0.2, -0.15) is 0 Å². The van der Waals surface area contributed by atoms with E-state index in [1.165, 1.54) is 116 Å². The number of phosphoric acid groups is 1. The summed E-state index contributed by atoms with van der Waals surface area (Å²) in [6.45, 7) is 6.78. The molecule has 0 aliphatic heterocycles. The average Bonchev–Trinajstić information content (AvgIpc) is 3.32. The number of carbonyl (C=O) groups excluding carboxylic acids is 2. The lowest BCUT2D eigenvalue weighted by Gasteiger charge is -2.30. The van der Waals surface area contributed by atoms with E-state index in [0.29, 0.717) is 23.9 Å². The number of allylic oxidation sites excluding steroid dienone is 9. The topological polar surface area (TPSA) is 114 Å². The number of carbonyl (C=O) groups is 2. The second kappa shape index (κ2) is 50.3. The molecule has 1 amide bonds. The molecule has 408 valence electrons. The van der Waals surface area contributed by atoms with Crippen LogP contribution < -0.4 is 10.2 Å². The molecule has 0 spiro atoms. The third kappa shape index (κ3) is 50.6. The highest BCUT2D eigenvalue weighted by Crippen LogP contribution is 2.38. The van der Waals surface area contributed by atoms with E-state index in [1.807, 2.05) is 33.3 Å². The Balaban J connectivity index is 5.35. The first-order valence-corrected chi connectivity index (χ1v) is 30.6. The van der Waals surface area contributed by atoms with Gasteiger partial charge >= 0.3 is 5.97 Å². The molecule has 70 heavy (non-hydrogen) atoms. The second-order valence-corrected chi connectivity index (χ2v) is 22.2. The Labute approximate surface area is 432 Å². The zero-order chi connectivity index (χ0) is 51.5. The van der Waals surface area contributed by atoms with E-state index >= 15 is 0 Å². The summed E-state index contributed by atoms with van der Waals surface area (Å²) in [5.41, 5.74) is 0. The molecule has 9 nitrogen and oxygen atoms in total. The van der Waals surface area contributed by atoms with E-state index in [0.717, 1.165) is 103 Å². The third-order valence-corrected chi connectivity index (χ3v) is 13.6. The number of amides is 1. The molecule has 0 aliphatic rings. The summed E-state index contributed by atoms with van der Waals surface area (Å²) >= 11 is 0. The molecule has 3 atom stereocenters. The largest absolute Gasteiger partial charge is 0.756 e. The Morgan fingerprint density at radius 1 is 0.500 bits per heavy atom. The normalized spacial score (nSPS) is 14.2. The van der Waals surface area contributed by atoms with Crippen LogP contribution in [0.1, 0.15) is 258 Å². The molecule has 0 fully saturated rings. The summed E-state index contributed by atoms with van der Waals surface area (Å²) in [4.78, 5) is 39.8. The van der Waals surface area contributed by atoms with Crippen LogP contribution in [-0.4, -0.2) is 69.4 Å². The van der Waals surface area contributed by atoms with Crippen LogP contribution in [0.4, 0.5) is 0 Å². The Morgan fingerprint density at radius 3 is 1.36 bits per heavy atom. The van der Waals surface area contributed by atoms with Crippen molar-refractivity contribution in [2.24, 2.45) is 0 Å². The third-order valence-electron chi connectivity index (χ3n) is 12.7. The number of esters is 1. The van der Waals surface area contributed by atoms with E-state index in [4.69, 9.17) is 13.8 Å². The Morgan fingerprint density at radius 2 is 0.871 bits per heavy atom. The summed E-state index contributed by atoms with van der Waals surface area (Å²) in [5.74, 6) is -0.573. The summed E-state index contributed by atoms with van der Waals surface area (Å²) in [5, 5.41) is 3.01. The molecule has 0 rings (SSSR count). The van der Waals surface area contributed by atoms with Gasteiger partial charge in [-0.25, -0.2) is 0 Å². The van der Waals surface area contributed by atoms with Gasteiger partial charge in [0.2, 0.25) is 5.91 Å². The van der Waals surface area contributed by atoms with Crippen LogP contribution in [0.25, 0.3) is 0 Å². The van der Waals surface area contributed by atoms with Crippen LogP contribution in [0.15, 0.2) is 60.8 Å². The van der Waals surface area contributed by atoms with Crippen molar-refractivity contribution in [3.63, 3.8) is 0 Å². The van der Waals surface area contributed by atoms with Crippen molar-refractivity contribution in [2.45, 2.75) is 270 Å². The Bertz CT molecular complexity index is 1390. The first-order chi connectivity index (χ1) is 33.9. The van der Waals surface area contributed by atoms with E-state index < -0.39 is 26.6 Å². The lowest BCUT2D eigenvalue weighted by molar-refractivity contribution is -0.870. The van der Waals surface area contributed by atoms with Crippen molar-refractivity contribution < 1.29 is 37.3 Å². The molecule has 0 radical (unpaired) electrons. The van der Waals surface area contributed by atoms with Gasteiger partial charge in [-0.3, -0.25) is 14.2 Å². The summed E-state index contributed by atoms with van der Waals surface area (Å²) < 4.78 is 30.2. The van der Waals surface area contributed by atoms with Crippen molar-refractivity contribution in [3.05, 3.63) is 60.8 Å². The average molecular weight is 1000 g/mol. The zero-order valence-electron chi connectivity index (χ0n) is 46.5. The standard InChI is InChI=1S/C60H111N2O7P/c1-7-10-13-16-19-22-25-28-29-30-31-32-33-35-37-40-43-46-49-52-59(63)61-57(56-68-70(65,66)67-55-54-62(4,5)6)58(51-48-45-42-39-36-27-24-21-18-15-12-9-3)69-60(64)53-50-47-44-41-38-34-26-23-20-17-14-11-8-2/h19,22,28-29,31-32,34,38,48,51,57-58H,7-18,20-21,23-27,30,33,35-37,39-47,49-50,52-56H2,1-6H3,(H-,61,63,65,66)/b22-19-,29-28-,32-31-,38-34-,51-48-. The molecule has 0 saturated heterocycles. The number of nitrogens with one attached hydrogen (secondary N) is 1. The molecular formula is C60H111N2O7P. The minimum absolute atomic E-state index is 0.0285. The van der Waals surface area contributed by atoms with Gasteiger partial charge in [-0.1, -0.05) is 210 Å². The fraction of sp³-hybridized carbons (Fsp3) is 0.800. The number of rotatable bonds is 52. The molecule has 1 N–H and O–H groups in total. The quantitative estimate of drug-likeness (QED) is 0.0212. The molecule has 10 heteroatoms. The molecule has 0 heterocycles. The molecule has 0 aromatic carbocycles. The molecule has 0 aliphatic carbocycles. The van der Waals surface area contributed by atoms with Crippen LogP contribution >= 0.6 is 7.82 Å². The maximum absolute atomic E-state index is 13.5. The zero-order valence-corrected chi connectivity index (χ0v) is 47.4. The van der Waals surface area contributed by atoms with Gasteiger partial charge in [0.05, 0.1) is 33.8 Å². The summed E-state index contributed by atoms with van der Waals surface area (Å²) in [6, 6.07) is -0.901. The summed E-state index contributed by atoms with van der Waals surface area (Å²) in [6.07, 6.45) is 61.8. The maximum atomic E-state index is 13.5. The number of ether oxygens (including phenoxy) is 1. The fourth-order valence-corrected chi connectivity index (χ4v) is 8.83. The van der Waals surface area contributed by atoms with Crippen molar-refractivity contribution >= 4 is 19.7 Å². The Hall–Kier alpha value is -2.29. The van der Waals surface area contributed by atoms with Crippen LogP contribution in [0.3, 0.4) is 0 Å². The predicted octanol–water partition coefficient (Wildman–Crippen LogP) is 16.9. The SMILES string of the molecule is CCCCC/C=C\C/C=C\C/C=C\CCCCCCCCC(=O)NC(COP(=O)([O-])OCC[N+](C)(C)C)C(/C=C\CCCCCCCCCCCC)OC(=O)CCCCC/C=C\CCCCCCCC. The van der Waals surface area contributed by atoms with Crippen molar-refractivity contribution in [1.82, 2.24) is 5.32 Å². The van der Waals surface area contributed by atoms with E-state index in [-0.39, 0.29) is 24.9 Å². The van der Waals surface area contributed by atoms with Crippen molar-refractivity contribution in [2.75, 3.05) is 40.9 Å². The number of quaternary nitrogens is 1. The molecule has 0 aromatic rings. The molecule has 0 aromatic heterocycles. The number of phosphoric ester groups is 1. The monoisotopic (exact) mass is 1000 g/mol. The highest BCUT2D eigenvalue weighted by atomic mass is 31.2. The van der Waals surface area contributed by atoms with Crippen molar-refractivity contribution in [1.29, 1.82) is 0 Å². The van der Waals surface area contributed by atoms with Crippen LogP contribution in [0, 0.1) is 0 Å². The van der Waals surface area contributed by atoms with Gasteiger partial charge in [0.25, 0.3) is 7.82 Å². The fourth-order valence-electron chi connectivity index (χ4n) is 8.11. The van der Waals surface area contributed by atoms with Gasteiger partial charge in [0, 0.05) is 12.8 Å². The van der Waals surface area contributed by atoms with E-state index in [1.54, 1.807) is 0 Å². The highest BCUT2D eigenvalue weighted by Gasteiger charge is 2.27. The van der Waals surface area contributed by atoms with Crippen LogP contribution in [0.5, 0.6) is 0 Å². The van der Waals surface area contributed by atoms with Gasteiger partial charge < -0.3 is 28.5 Å². The number of hydrogen-bond donors (Lipinski definition) is 1. The van der Waals surface area contributed by atoms with Crippen LogP contribution in [-0.2, 0) is 27.9 Å². The van der Waals surface area contributed by atoms with Gasteiger partial charge in [0.15, 0.2) is 0 Å². The lowest BCUT2D eigenvalue weighted by atomic mass is 10.0. The maximum Gasteiger partial charge on any atom is 0.306 e. The minimum atomic E-state index is -4.70. The van der Waals surface area contributed by atoms with Crippen LogP contribution in [0.2, 0.25) is 0 Å².